The smallest absolute Gasteiger partial charge is 0.408 e. The molecule has 4 bridgehead atoms. The van der Waals surface area contributed by atoms with E-state index in [9.17, 15) is 14.7 Å². The topological polar surface area (TPSA) is 161 Å². The van der Waals surface area contributed by atoms with Crippen LogP contribution in [0, 0.1) is 5.92 Å². The molecule has 12 nitrogen and oxygen atoms in total. The number of hydrogen-bond acceptors (Lipinski definition) is 10. The molecule has 3 aliphatic heterocycles. The first-order valence-electron chi connectivity index (χ1n) is 15.9. The summed E-state index contributed by atoms with van der Waals surface area (Å²) in [7, 11) is 0. The fourth-order valence-corrected chi connectivity index (χ4v) is 6.84. The zero-order valence-electron chi connectivity index (χ0n) is 26.2. The number of fused-ring (bicyclic) bond motifs is 4. The number of rotatable bonds is 6. The number of benzene rings is 3. The number of aliphatic hydroxyl groups is 1. The number of oxazole rings is 2. The normalized spacial score (nSPS) is 22.0. The van der Waals surface area contributed by atoms with E-state index >= 15 is 0 Å². The molecule has 0 aliphatic carbocycles. The maximum Gasteiger partial charge on any atom is 0.408 e. The summed E-state index contributed by atoms with van der Waals surface area (Å²) in [6, 6.07) is 21.3. The first-order valence-corrected chi connectivity index (χ1v) is 15.9. The van der Waals surface area contributed by atoms with Gasteiger partial charge >= 0.3 is 6.09 Å². The zero-order valence-corrected chi connectivity index (χ0v) is 26.2. The molecule has 0 saturated heterocycles. The average molecular weight is 648 g/mol. The molecule has 12 heteroatoms. The predicted octanol–water partition coefficient (Wildman–Crippen LogP) is 4.96. The first-order chi connectivity index (χ1) is 23.3. The SMILES string of the molecule is CC(C)[C@@H]1NC(=O)[C@@H](NC(=O)OCc2ccccc2)Cc2ccc3c(c2)C2(c4ccccc4N[C@H]2O3)c2oc1nc2-c1nc(CO)co1. The molecule has 2 amide bonds. The van der Waals surface area contributed by atoms with E-state index in [4.69, 9.17) is 23.3 Å². The van der Waals surface area contributed by atoms with Crippen LogP contribution in [0.15, 0.2) is 87.9 Å². The molecule has 3 aromatic carbocycles. The number of anilines is 1. The Balaban J connectivity index is 1.28. The third kappa shape index (κ3) is 4.79. The predicted molar refractivity (Wildman–Crippen MR) is 172 cm³/mol. The van der Waals surface area contributed by atoms with E-state index in [0.29, 0.717) is 22.9 Å². The highest BCUT2D eigenvalue weighted by atomic mass is 16.5. The fourth-order valence-electron chi connectivity index (χ4n) is 6.84. The Morgan fingerprint density at radius 1 is 1.06 bits per heavy atom. The molecule has 5 heterocycles. The van der Waals surface area contributed by atoms with Crippen molar-refractivity contribution in [3.8, 4) is 17.3 Å². The maximum atomic E-state index is 14.0. The van der Waals surface area contributed by atoms with E-state index in [1.165, 1.54) is 6.26 Å². The average Bonchev–Trinajstić information content (AvgIpc) is 3.87. The number of carbonyl (C=O) groups excluding carboxylic acids is 2. The lowest BCUT2D eigenvalue weighted by molar-refractivity contribution is -0.124. The van der Waals surface area contributed by atoms with Crippen LogP contribution in [0.3, 0.4) is 0 Å². The second-order valence-electron chi connectivity index (χ2n) is 12.6. The Morgan fingerprint density at radius 2 is 1.88 bits per heavy atom. The highest BCUT2D eigenvalue weighted by Crippen LogP contribution is 2.59. The minimum Gasteiger partial charge on any atom is -0.469 e. The van der Waals surface area contributed by atoms with E-state index in [2.05, 4.69) is 20.9 Å². The Bertz CT molecular complexity index is 2020. The lowest BCUT2D eigenvalue weighted by Gasteiger charge is -2.28. The second-order valence-corrected chi connectivity index (χ2v) is 12.6. The Morgan fingerprint density at radius 3 is 2.67 bits per heavy atom. The van der Waals surface area contributed by atoms with Crippen LogP contribution < -0.4 is 20.7 Å². The summed E-state index contributed by atoms with van der Waals surface area (Å²) in [4.78, 5) is 36.5. The summed E-state index contributed by atoms with van der Waals surface area (Å²) in [6.45, 7) is 3.63. The van der Waals surface area contributed by atoms with Crippen LogP contribution in [0.2, 0.25) is 0 Å². The number of amides is 2. The van der Waals surface area contributed by atoms with E-state index in [1.807, 2.05) is 86.6 Å². The van der Waals surface area contributed by atoms with Gasteiger partial charge in [-0.25, -0.2) is 14.8 Å². The van der Waals surface area contributed by atoms with Gasteiger partial charge in [0.1, 0.15) is 41.8 Å². The number of alkyl carbamates (subject to hydrolysis) is 1. The standard InChI is InChI=1S/C36H33N5O7/c1-19(2)28-33-41-29(32-37-22(16-42)18-45-32)30(48-33)36-23-10-6-7-11-25(23)38-34(36)47-27-13-12-21(14-24(27)36)15-26(31(43)40-28)39-35(44)46-17-20-8-4-3-5-9-20/h3-14,18-19,26,28,34,38,42H,15-17H2,1-2H3,(H,39,44)(H,40,43)/t26-,28-,34-,36?/m0/s1. The monoisotopic (exact) mass is 647 g/mol. The Labute approximate surface area is 275 Å². The molecule has 2 aromatic heterocycles. The summed E-state index contributed by atoms with van der Waals surface area (Å²) in [5.41, 5.74) is 3.82. The number of nitrogens with zero attached hydrogens (tertiary/aromatic N) is 2. The minimum atomic E-state index is -1.03. The number of para-hydroxylation sites is 1. The number of nitrogens with one attached hydrogen (secondary N) is 3. The van der Waals surface area contributed by atoms with E-state index < -0.39 is 35.7 Å². The van der Waals surface area contributed by atoms with Gasteiger partial charge < -0.3 is 39.4 Å². The number of aromatic nitrogens is 2. The van der Waals surface area contributed by atoms with Crippen LogP contribution in [0.4, 0.5) is 10.5 Å². The summed E-state index contributed by atoms with van der Waals surface area (Å²) >= 11 is 0. The molecule has 4 atom stereocenters. The summed E-state index contributed by atoms with van der Waals surface area (Å²) < 4.78 is 24.7. The van der Waals surface area contributed by atoms with Crippen molar-refractivity contribution in [3.63, 3.8) is 0 Å². The maximum absolute atomic E-state index is 14.0. The third-order valence-corrected chi connectivity index (χ3v) is 9.16. The summed E-state index contributed by atoms with van der Waals surface area (Å²) in [5, 5.41) is 19.2. The zero-order chi connectivity index (χ0) is 33.0. The molecule has 48 heavy (non-hydrogen) atoms. The third-order valence-electron chi connectivity index (χ3n) is 9.16. The molecular weight excluding hydrogens is 614 g/mol. The quantitative estimate of drug-likeness (QED) is 0.198. The molecule has 4 N–H and O–H groups in total. The van der Waals surface area contributed by atoms with Gasteiger partial charge in [0.05, 0.1) is 6.61 Å². The molecule has 244 valence electrons. The van der Waals surface area contributed by atoms with Gasteiger partial charge in [-0.2, -0.15) is 0 Å². The van der Waals surface area contributed by atoms with Crippen molar-refractivity contribution < 1.29 is 33.0 Å². The van der Waals surface area contributed by atoms with Crippen molar-refractivity contribution in [2.45, 2.75) is 57.2 Å². The molecular formula is C36H33N5O7. The first kappa shape index (κ1) is 29.8. The number of carbonyl (C=O) groups is 2. The molecule has 8 rings (SSSR count). The lowest BCUT2D eigenvalue weighted by Crippen LogP contribution is -2.49. The van der Waals surface area contributed by atoms with E-state index in [0.717, 1.165) is 27.9 Å². The molecule has 1 unspecified atom stereocenters. The van der Waals surface area contributed by atoms with Gasteiger partial charge in [0.25, 0.3) is 0 Å². The largest absolute Gasteiger partial charge is 0.469 e. The highest BCUT2D eigenvalue weighted by Gasteiger charge is 2.61. The molecule has 5 aromatic rings. The fraction of sp³-hybridized carbons (Fsp3) is 0.278. The summed E-state index contributed by atoms with van der Waals surface area (Å²) in [6.07, 6.45) is 0.234. The molecule has 0 fully saturated rings. The molecule has 0 radical (unpaired) electrons. The second kappa shape index (κ2) is 11.6. The highest BCUT2D eigenvalue weighted by molar-refractivity contribution is 5.86. The number of hydrogen-bond donors (Lipinski definition) is 4. The van der Waals surface area contributed by atoms with Crippen LogP contribution >= 0.6 is 0 Å². The van der Waals surface area contributed by atoms with Crippen molar-refractivity contribution in [2.24, 2.45) is 5.92 Å². The number of ether oxygens (including phenoxy) is 2. The van der Waals surface area contributed by atoms with Gasteiger partial charge in [-0.3, -0.25) is 4.79 Å². The van der Waals surface area contributed by atoms with Gasteiger partial charge in [-0.05, 0) is 34.7 Å². The van der Waals surface area contributed by atoms with E-state index in [1.54, 1.807) is 0 Å². The van der Waals surface area contributed by atoms with Crippen molar-refractivity contribution in [3.05, 3.63) is 119 Å². The summed E-state index contributed by atoms with van der Waals surface area (Å²) in [5.74, 6) is 0.863. The van der Waals surface area contributed by atoms with Crippen LogP contribution in [-0.4, -0.2) is 39.3 Å². The van der Waals surface area contributed by atoms with Crippen LogP contribution in [-0.2, 0) is 34.6 Å². The Kier molecular flexibility index (Phi) is 7.17. The van der Waals surface area contributed by atoms with E-state index in [-0.39, 0.29) is 37.3 Å². The molecule has 3 aliphatic rings. The van der Waals surface area contributed by atoms with Crippen LogP contribution in [0.5, 0.6) is 5.75 Å². The van der Waals surface area contributed by atoms with Gasteiger partial charge in [-0.1, -0.05) is 74.5 Å². The lowest BCUT2D eigenvalue weighted by atomic mass is 9.72. The Hall–Kier alpha value is -5.62. The van der Waals surface area contributed by atoms with Crippen molar-refractivity contribution in [2.75, 3.05) is 5.32 Å². The molecule has 1 spiro atoms. The van der Waals surface area contributed by atoms with Gasteiger partial charge in [0, 0.05) is 17.7 Å². The number of aliphatic hydroxyl groups excluding tert-OH is 1. The van der Waals surface area contributed by atoms with Crippen LogP contribution in [0.25, 0.3) is 11.6 Å². The minimum absolute atomic E-state index is 0.0583. The molecule has 0 saturated carbocycles. The van der Waals surface area contributed by atoms with Gasteiger partial charge in [0.15, 0.2) is 17.7 Å². The van der Waals surface area contributed by atoms with Crippen molar-refractivity contribution >= 4 is 17.7 Å². The van der Waals surface area contributed by atoms with Gasteiger partial charge in [0.2, 0.25) is 17.7 Å². The van der Waals surface area contributed by atoms with Crippen LogP contribution in [0.1, 0.15) is 59.5 Å². The van der Waals surface area contributed by atoms with Crippen molar-refractivity contribution in [1.29, 1.82) is 0 Å². The van der Waals surface area contributed by atoms with Gasteiger partial charge in [-0.15, -0.1) is 0 Å². The van der Waals surface area contributed by atoms with Crippen molar-refractivity contribution in [1.82, 2.24) is 20.6 Å².